The predicted molar refractivity (Wildman–Crippen MR) is 75.5 cm³/mol. The third kappa shape index (κ3) is 2.84. The summed E-state index contributed by atoms with van der Waals surface area (Å²) < 4.78 is 1.86. The second-order valence-corrected chi connectivity index (χ2v) is 4.77. The first-order valence-electron chi connectivity index (χ1n) is 6.55. The fourth-order valence-electron chi connectivity index (χ4n) is 2.19. The monoisotopic (exact) mass is 273 g/mol. The van der Waals surface area contributed by atoms with Crippen LogP contribution in [0.15, 0.2) is 12.4 Å². The third-order valence-corrected chi connectivity index (χ3v) is 3.42. The zero-order valence-electron chi connectivity index (χ0n) is 12.3. The van der Waals surface area contributed by atoms with Gasteiger partial charge in [0.2, 0.25) is 0 Å². The molecule has 0 radical (unpaired) electrons. The normalized spacial score (nSPS) is 10.6. The van der Waals surface area contributed by atoms with Gasteiger partial charge >= 0.3 is 0 Å². The average Bonchev–Trinajstić information content (AvgIpc) is 2.65. The van der Waals surface area contributed by atoms with E-state index in [2.05, 4.69) is 20.4 Å². The van der Waals surface area contributed by atoms with Crippen molar-refractivity contribution >= 4 is 5.91 Å². The van der Waals surface area contributed by atoms with Gasteiger partial charge in [-0.3, -0.25) is 14.5 Å². The lowest BCUT2D eigenvalue weighted by Gasteiger charge is -2.06. The molecular formula is C14H19N5O. The van der Waals surface area contributed by atoms with E-state index in [1.165, 1.54) is 11.8 Å². The molecule has 0 aromatic carbocycles. The molecule has 106 valence electrons. The highest BCUT2D eigenvalue weighted by Crippen LogP contribution is 2.11. The Morgan fingerprint density at radius 1 is 1.20 bits per heavy atom. The molecule has 0 spiro atoms. The van der Waals surface area contributed by atoms with Crippen molar-refractivity contribution < 1.29 is 4.79 Å². The number of hydrogen-bond donors (Lipinski definition) is 1. The Hall–Kier alpha value is -2.24. The fraction of sp³-hybridized carbons (Fsp3) is 0.429. The molecule has 0 unspecified atom stereocenters. The molecule has 6 heteroatoms. The Balaban J connectivity index is 1.97. The molecule has 0 saturated heterocycles. The van der Waals surface area contributed by atoms with E-state index in [0.717, 1.165) is 17.8 Å². The van der Waals surface area contributed by atoms with E-state index in [4.69, 9.17) is 0 Å². The summed E-state index contributed by atoms with van der Waals surface area (Å²) in [6.07, 6.45) is 3.86. The molecule has 0 saturated carbocycles. The van der Waals surface area contributed by atoms with Crippen molar-refractivity contribution in [3.8, 4) is 0 Å². The number of aryl methyl sites for hydroxylation is 3. The van der Waals surface area contributed by atoms with Crippen molar-refractivity contribution in [2.75, 3.05) is 6.54 Å². The summed E-state index contributed by atoms with van der Waals surface area (Å²) in [7, 11) is 1.92. The van der Waals surface area contributed by atoms with Gasteiger partial charge in [-0.15, -0.1) is 0 Å². The van der Waals surface area contributed by atoms with Crippen molar-refractivity contribution in [2.24, 2.45) is 7.05 Å². The predicted octanol–water partition coefficient (Wildman–Crippen LogP) is 1.11. The maximum Gasteiger partial charge on any atom is 0.271 e. The van der Waals surface area contributed by atoms with Gasteiger partial charge < -0.3 is 5.32 Å². The fourth-order valence-corrected chi connectivity index (χ4v) is 2.19. The molecule has 6 nitrogen and oxygen atoms in total. The van der Waals surface area contributed by atoms with Gasteiger partial charge in [-0.1, -0.05) is 0 Å². The number of carbonyl (C=O) groups is 1. The van der Waals surface area contributed by atoms with Gasteiger partial charge in [0.1, 0.15) is 5.69 Å². The van der Waals surface area contributed by atoms with Gasteiger partial charge in [-0.25, -0.2) is 4.98 Å². The molecule has 20 heavy (non-hydrogen) atoms. The molecule has 2 aromatic heterocycles. The SMILES string of the molecule is Cc1nccnc1C(=O)NCCc1c(C)nn(C)c1C. The summed E-state index contributed by atoms with van der Waals surface area (Å²) in [4.78, 5) is 20.1. The first-order chi connectivity index (χ1) is 9.50. The van der Waals surface area contributed by atoms with Crippen LogP contribution in [0.2, 0.25) is 0 Å². The Kier molecular flexibility index (Phi) is 4.12. The minimum absolute atomic E-state index is 0.185. The summed E-state index contributed by atoms with van der Waals surface area (Å²) in [6.45, 7) is 6.35. The lowest BCUT2D eigenvalue weighted by molar-refractivity contribution is 0.0948. The zero-order chi connectivity index (χ0) is 14.7. The van der Waals surface area contributed by atoms with Crippen LogP contribution in [-0.4, -0.2) is 32.2 Å². The lowest BCUT2D eigenvalue weighted by atomic mass is 10.1. The molecule has 0 aliphatic rings. The first-order valence-corrected chi connectivity index (χ1v) is 6.55. The number of hydrogen-bond acceptors (Lipinski definition) is 4. The second-order valence-electron chi connectivity index (χ2n) is 4.77. The molecule has 0 aliphatic carbocycles. The highest BCUT2D eigenvalue weighted by Gasteiger charge is 2.12. The minimum atomic E-state index is -0.185. The number of nitrogens with one attached hydrogen (secondary N) is 1. The van der Waals surface area contributed by atoms with Gasteiger partial charge in [-0.2, -0.15) is 5.10 Å². The second kappa shape index (κ2) is 5.81. The van der Waals surface area contributed by atoms with E-state index in [-0.39, 0.29) is 5.91 Å². The summed E-state index contributed by atoms with van der Waals surface area (Å²) in [5.74, 6) is -0.185. The van der Waals surface area contributed by atoms with Crippen LogP contribution in [-0.2, 0) is 13.5 Å². The molecule has 1 amide bonds. The number of amides is 1. The number of rotatable bonds is 4. The van der Waals surface area contributed by atoms with E-state index >= 15 is 0 Å². The van der Waals surface area contributed by atoms with E-state index in [9.17, 15) is 4.79 Å². The lowest BCUT2D eigenvalue weighted by Crippen LogP contribution is -2.27. The standard InChI is InChI=1S/C14H19N5O/c1-9-12(11(3)19(4)18-9)5-6-17-14(20)13-10(2)15-7-8-16-13/h7-8H,5-6H2,1-4H3,(H,17,20). The Morgan fingerprint density at radius 3 is 2.50 bits per heavy atom. The summed E-state index contributed by atoms with van der Waals surface area (Å²) >= 11 is 0. The van der Waals surface area contributed by atoms with Crippen LogP contribution in [0.25, 0.3) is 0 Å². The molecule has 0 aliphatic heterocycles. The van der Waals surface area contributed by atoms with Crippen LogP contribution in [0, 0.1) is 20.8 Å². The zero-order valence-corrected chi connectivity index (χ0v) is 12.3. The molecule has 0 fully saturated rings. The van der Waals surface area contributed by atoms with Crippen LogP contribution < -0.4 is 5.32 Å². The maximum atomic E-state index is 12.0. The van der Waals surface area contributed by atoms with Gasteiger partial charge in [0.25, 0.3) is 5.91 Å². The third-order valence-electron chi connectivity index (χ3n) is 3.42. The van der Waals surface area contributed by atoms with Gasteiger partial charge in [-0.05, 0) is 32.8 Å². The summed E-state index contributed by atoms with van der Waals surface area (Å²) in [5, 5.41) is 7.24. The van der Waals surface area contributed by atoms with Crippen LogP contribution in [0.3, 0.4) is 0 Å². The summed E-state index contributed by atoms with van der Waals surface area (Å²) in [6, 6.07) is 0. The van der Waals surface area contributed by atoms with E-state index < -0.39 is 0 Å². The van der Waals surface area contributed by atoms with Crippen LogP contribution in [0.4, 0.5) is 0 Å². The summed E-state index contributed by atoms with van der Waals surface area (Å²) in [5.41, 5.74) is 4.34. The number of carbonyl (C=O) groups excluding carboxylic acids is 1. The van der Waals surface area contributed by atoms with Crippen LogP contribution in [0.5, 0.6) is 0 Å². The van der Waals surface area contributed by atoms with Gasteiger partial charge in [0, 0.05) is 31.7 Å². The van der Waals surface area contributed by atoms with Crippen molar-refractivity contribution in [2.45, 2.75) is 27.2 Å². The van der Waals surface area contributed by atoms with Gasteiger partial charge in [0.15, 0.2) is 0 Å². The maximum absolute atomic E-state index is 12.0. The van der Waals surface area contributed by atoms with Crippen molar-refractivity contribution in [3.05, 3.63) is 40.7 Å². The highest BCUT2D eigenvalue weighted by molar-refractivity contribution is 5.93. The van der Waals surface area contributed by atoms with E-state index in [0.29, 0.717) is 17.9 Å². The molecular weight excluding hydrogens is 254 g/mol. The molecule has 1 N–H and O–H groups in total. The Labute approximate surface area is 118 Å². The molecule has 2 heterocycles. The molecule has 0 bridgehead atoms. The minimum Gasteiger partial charge on any atom is -0.350 e. The number of aromatic nitrogens is 4. The molecule has 2 rings (SSSR count). The van der Waals surface area contributed by atoms with Gasteiger partial charge in [0.05, 0.1) is 11.4 Å². The molecule has 2 aromatic rings. The average molecular weight is 273 g/mol. The van der Waals surface area contributed by atoms with Crippen LogP contribution >= 0.6 is 0 Å². The number of nitrogens with zero attached hydrogens (tertiary/aromatic N) is 4. The topological polar surface area (TPSA) is 72.7 Å². The molecule has 0 atom stereocenters. The first kappa shape index (κ1) is 14.2. The van der Waals surface area contributed by atoms with Crippen LogP contribution in [0.1, 0.15) is 33.1 Å². The largest absolute Gasteiger partial charge is 0.350 e. The quantitative estimate of drug-likeness (QED) is 0.905. The smallest absolute Gasteiger partial charge is 0.271 e. The highest BCUT2D eigenvalue weighted by atomic mass is 16.1. The van der Waals surface area contributed by atoms with E-state index in [1.807, 2.05) is 25.6 Å². The van der Waals surface area contributed by atoms with Crippen molar-refractivity contribution in [3.63, 3.8) is 0 Å². The Bertz CT molecular complexity index is 632. The van der Waals surface area contributed by atoms with Crippen molar-refractivity contribution in [1.29, 1.82) is 0 Å². The van der Waals surface area contributed by atoms with E-state index in [1.54, 1.807) is 13.1 Å². The Morgan fingerprint density at radius 2 is 1.90 bits per heavy atom. The van der Waals surface area contributed by atoms with Crippen molar-refractivity contribution in [1.82, 2.24) is 25.1 Å².